The fourth-order valence-corrected chi connectivity index (χ4v) is 4.08. The maximum Gasteiger partial charge on any atom is 0.407 e. The summed E-state index contributed by atoms with van der Waals surface area (Å²) in [5.74, 6) is -1.11. The maximum atomic E-state index is 12.2. The minimum Gasteiger partial charge on any atom is -0.479 e. The quantitative estimate of drug-likeness (QED) is 0.716. The van der Waals surface area contributed by atoms with Gasteiger partial charge in [0.1, 0.15) is 12.7 Å². The van der Waals surface area contributed by atoms with Crippen LogP contribution in [-0.4, -0.2) is 53.7 Å². The maximum absolute atomic E-state index is 12.2. The van der Waals surface area contributed by atoms with E-state index in [0.717, 1.165) is 22.3 Å². The number of aliphatic hydroxyl groups excluding tert-OH is 1. The van der Waals surface area contributed by atoms with Crippen LogP contribution >= 0.6 is 0 Å². The lowest BCUT2D eigenvalue weighted by molar-refractivity contribution is -0.168. The Morgan fingerprint density at radius 1 is 1.03 bits per heavy atom. The van der Waals surface area contributed by atoms with Crippen LogP contribution in [0.2, 0.25) is 0 Å². The molecule has 1 fully saturated rings. The number of benzene rings is 2. The van der Waals surface area contributed by atoms with Crippen molar-refractivity contribution in [3.8, 4) is 11.1 Å². The fourth-order valence-electron chi connectivity index (χ4n) is 4.08. The average Bonchev–Trinajstić information content (AvgIpc) is 3.05. The standard InChI is InChI=1S/C22H23NO6/c24-18-9-10-19(21(25)26)29-20(18)11-23-22(27)28-12-17-15-7-3-1-5-13(15)14-6-2-4-8-16(14)17/h1-8,17-20,24H,9-12H2,(H,23,27)(H,25,26)/t18-,19-,20+/m0/s1. The molecule has 0 bridgehead atoms. The van der Waals surface area contributed by atoms with Crippen molar-refractivity contribution in [3.63, 3.8) is 0 Å². The van der Waals surface area contributed by atoms with Gasteiger partial charge in [-0.3, -0.25) is 0 Å². The molecule has 0 unspecified atom stereocenters. The summed E-state index contributed by atoms with van der Waals surface area (Å²) < 4.78 is 10.8. The zero-order valence-electron chi connectivity index (χ0n) is 15.8. The predicted octanol–water partition coefficient (Wildman–Crippen LogP) is 2.52. The number of aliphatic hydroxyl groups is 1. The highest BCUT2D eigenvalue weighted by molar-refractivity contribution is 5.79. The second-order valence-corrected chi connectivity index (χ2v) is 7.35. The predicted molar refractivity (Wildman–Crippen MR) is 105 cm³/mol. The number of carboxylic acids is 1. The van der Waals surface area contributed by atoms with Crippen LogP contribution in [0.1, 0.15) is 29.9 Å². The van der Waals surface area contributed by atoms with Gasteiger partial charge in [0.05, 0.1) is 6.10 Å². The van der Waals surface area contributed by atoms with E-state index >= 15 is 0 Å². The number of hydrogen-bond acceptors (Lipinski definition) is 5. The molecular weight excluding hydrogens is 374 g/mol. The number of aliphatic carboxylic acids is 1. The summed E-state index contributed by atoms with van der Waals surface area (Å²) in [6.07, 6.45) is -2.62. The van der Waals surface area contributed by atoms with Crippen molar-refractivity contribution in [2.45, 2.75) is 37.1 Å². The zero-order valence-corrected chi connectivity index (χ0v) is 15.8. The van der Waals surface area contributed by atoms with Gasteiger partial charge in [0.15, 0.2) is 6.10 Å². The Bertz CT molecular complexity index is 868. The summed E-state index contributed by atoms with van der Waals surface area (Å²) in [7, 11) is 0. The molecule has 0 spiro atoms. The normalized spacial score (nSPS) is 23.1. The summed E-state index contributed by atoms with van der Waals surface area (Å²) in [6.45, 7) is 0.174. The van der Waals surface area contributed by atoms with Gasteiger partial charge in [0.2, 0.25) is 0 Å². The lowest BCUT2D eigenvalue weighted by atomic mass is 9.98. The van der Waals surface area contributed by atoms with E-state index in [1.165, 1.54) is 0 Å². The van der Waals surface area contributed by atoms with Crippen molar-refractivity contribution < 1.29 is 29.3 Å². The average molecular weight is 397 g/mol. The molecule has 4 rings (SSSR count). The molecule has 3 N–H and O–H groups in total. The van der Waals surface area contributed by atoms with Gasteiger partial charge in [-0.1, -0.05) is 48.5 Å². The molecule has 7 heteroatoms. The number of hydrogen-bond donors (Lipinski definition) is 3. The molecule has 1 saturated heterocycles. The molecule has 29 heavy (non-hydrogen) atoms. The minimum atomic E-state index is -1.07. The first-order valence-electron chi connectivity index (χ1n) is 9.69. The highest BCUT2D eigenvalue weighted by Crippen LogP contribution is 2.44. The molecule has 2 aromatic rings. The molecule has 2 aromatic carbocycles. The molecule has 1 heterocycles. The van der Waals surface area contributed by atoms with Crippen molar-refractivity contribution in [3.05, 3.63) is 59.7 Å². The van der Waals surface area contributed by atoms with Gasteiger partial charge in [-0.25, -0.2) is 9.59 Å². The number of fused-ring (bicyclic) bond motifs is 3. The van der Waals surface area contributed by atoms with Crippen molar-refractivity contribution in [2.24, 2.45) is 0 Å². The highest BCUT2D eigenvalue weighted by Gasteiger charge is 2.34. The van der Waals surface area contributed by atoms with Crippen molar-refractivity contribution in [1.82, 2.24) is 5.32 Å². The molecule has 1 amide bonds. The first kappa shape index (κ1) is 19.4. The van der Waals surface area contributed by atoms with E-state index in [1.807, 2.05) is 36.4 Å². The van der Waals surface area contributed by atoms with E-state index in [9.17, 15) is 14.7 Å². The molecular formula is C22H23NO6. The lowest BCUT2D eigenvalue weighted by Crippen LogP contribution is -2.48. The number of ether oxygens (including phenoxy) is 2. The fraction of sp³-hybridized carbons (Fsp3) is 0.364. The summed E-state index contributed by atoms with van der Waals surface area (Å²) in [5.41, 5.74) is 4.54. The molecule has 0 aromatic heterocycles. The van der Waals surface area contributed by atoms with Crippen LogP contribution in [0, 0.1) is 0 Å². The van der Waals surface area contributed by atoms with Crippen LogP contribution in [0.3, 0.4) is 0 Å². The molecule has 3 atom stereocenters. The van der Waals surface area contributed by atoms with Crippen LogP contribution in [-0.2, 0) is 14.3 Å². The topological polar surface area (TPSA) is 105 Å². The summed E-state index contributed by atoms with van der Waals surface area (Å²) in [5, 5.41) is 21.6. The number of carbonyl (C=O) groups excluding carboxylic acids is 1. The van der Waals surface area contributed by atoms with Gasteiger partial charge >= 0.3 is 12.1 Å². The third kappa shape index (κ3) is 3.97. The van der Waals surface area contributed by atoms with E-state index in [2.05, 4.69) is 17.4 Å². The van der Waals surface area contributed by atoms with E-state index in [0.29, 0.717) is 6.42 Å². The molecule has 0 radical (unpaired) electrons. The van der Waals surface area contributed by atoms with Gasteiger partial charge in [-0.15, -0.1) is 0 Å². The summed E-state index contributed by atoms with van der Waals surface area (Å²) >= 11 is 0. The minimum absolute atomic E-state index is 0.0123. The second-order valence-electron chi connectivity index (χ2n) is 7.35. The van der Waals surface area contributed by atoms with Gasteiger partial charge in [0.25, 0.3) is 0 Å². The first-order chi connectivity index (χ1) is 14.0. The monoisotopic (exact) mass is 397 g/mol. The number of carboxylic acid groups (broad SMARTS) is 1. The van der Waals surface area contributed by atoms with Gasteiger partial charge in [-0.05, 0) is 35.1 Å². The Morgan fingerprint density at radius 3 is 2.28 bits per heavy atom. The molecule has 1 aliphatic heterocycles. The van der Waals surface area contributed by atoms with Crippen LogP contribution in [0.25, 0.3) is 11.1 Å². The van der Waals surface area contributed by atoms with Crippen molar-refractivity contribution >= 4 is 12.1 Å². The molecule has 7 nitrogen and oxygen atoms in total. The summed E-state index contributed by atoms with van der Waals surface area (Å²) in [6, 6.07) is 16.1. The van der Waals surface area contributed by atoms with Crippen LogP contribution in [0.15, 0.2) is 48.5 Å². The number of amides is 1. The summed E-state index contributed by atoms with van der Waals surface area (Å²) in [4.78, 5) is 23.3. The van der Waals surface area contributed by atoms with E-state index in [4.69, 9.17) is 14.6 Å². The second kappa shape index (κ2) is 8.23. The SMILES string of the molecule is O=C(NC[C@H]1O[C@H](C(=O)O)CC[C@@H]1O)OCC1c2ccccc2-c2ccccc21. The third-order valence-electron chi connectivity index (χ3n) is 5.56. The van der Waals surface area contributed by atoms with Crippen LogP contribution in [0.4, 0.5) is 4.79 Å². The molecule has 0 saturated carbocycles. The molecule has 1 aliphatic carbocycles. The van der Waals surface area contributed by atoms with Gasteiger partial charge < -0.3 is 25.0 Å². The van der Waals surface area contributed by atoms with Crippen LogP contribution < -0.4 is 5.32 Å². The lowest BCUT2D eigenvalue weighted by Gasteiger charge is -2.31. The molecule has 152 valence electrons. The smallest absolute Gasteiger partial charge is 0.407 e. The van der Waals surface area contributed by atoms with E-state index in [-0.39, 0.29) is 25.5 Å². The Labute approximate surface area is 168 Å². The Hall–Kier alpha value is -2.90. The largest absolute Gasteiger partial charge is 0.479 e. The Morgan fingerprint density at radius 2 is 1.66 bits per heavy atom. The van der Waals surface area contributed by atoms with Crippen molar-refractivity contribution in [1.29, 1.82) is 0 Å². The van der Waals surface area contributed by atoms with Crippen molar-refractivity contribution in [2.75, 3.05) is 13.2 Å². The Balaban J connectivity index is 1.35. The number of alkyl carbamates (subject to hydrolysis) is 1. The van der Waals surface area contributed by atoms with Gasteiger partial charge in [0, 0.05) is 12.5 Å². The number of carbonyl (C=O) groups is 2. The highest BCUT2D eigenvalue weighted by atomic mass is 16.6. The Kier molecular flexibility index (Phi) is 5.51. The van der Waals surface area contributed by atoms with E-state index < -0.39 is 30.4 Å². The first-order valence-corrected chi connectivity index (χ1v) is 9.69. The number of rotatable bonds is 5. The zero-order chi connectivity index (χ0) is 20.4. The van der Waals surface area contributed by atoms with E-state index in [1.54, 1.807) is 0 Å². The van der Waals surface area contributed by atoms with Crippen LogP contribution in [0.5, 0.6) is 0 Å². The third-order valence-corrected chi connectivity index (χ3v) is 5.56. The molecule has 2 aliphatic rings. The van der Waals surface area contributed by atoms with Gasteiger partial charge in [-0.2, -0.15) is 0 Å². The number of nitrogens with one attached hydrogen (secondary N) is 1.